The summed E-state index contributed by atoms with van der Waals surface area (Å²) in [5.41, 5.74) is 0. The molecule has 0 aromatic heterocycles. The molecule has 0 spiro atoms. The molecule has 0 saturated heterocycles. The third-order valence-electron chi connectivity index (χ3n) is 12.4. The predicted molar refractivity (Wildman–Crippen MR) is 242 cm³/mol. The van der Waals surface area contributed by atoms with Crippen LogP contribution in [0.5, 0.6) is 0 Å². The van der Waals surface area contributed by atoms with E-state index in [9.17, 15) is 59.9 Å². The van der Waals surface area contributed by atoms with Crippen molar-refractivity contribution in [2.45, 2.75) is 235 Å². The summed E-state index contributed by atoms with van der Waals surface area (Å²) in [5, 5.41) is 81.7. The number of phosphoric ester groups is 1. The largest absolute Gasteiger partial charge is 0.472 e. The molecule has 0 aromatic rings. The van der Waals surface area contributed by atoms with E-state index in [1.165, 1.54) is 64.2 Å². The number of allylic oxidation sites excluding steroid dienone is 2. The molecule has 17 heteroatoms. The van der Waals surface area contributed by atoms with E-state index in [2.05, 4.69) is 13.8 Å². The molecule has 2 rings (SSSR count). The van der Waals surface area contributed by atoms with Crippen LogP contribution in [-0.4, -0.2) is 132 Å². The number of hydrogen-bond donors (Lipinski definition) is 9. The molecule has 0 radical (unpaired) electrons. The van der Waals surface area contributed by atoms with Gasteiger partial charge < -0.3 is 55.2 Å². The number of unbranched alkanes of at least 4 members (excludes halogenated alkanes) is 17. The number of aliphatic hydroxyl groups is 8. The zero-order valence-electron chi connectivity index (χ0n) is 38.7. The van der Waals surface area contributed by atoms with E-state index < -0.39 is 94.0 Å². The van der Waals surface area contributed by atoms with Crippen molar-refractivity contribution in [2.75, 3.05) is 13.2 Å². The number of ether oxygens (including phenoxy) is 2. The van der Waals surface area contributed by atoms with Gasteiger partial charge in [-0.1, -0.05) is 147 Å². The summed E-state index contributed by atoms with van der Waals surface area (Å²) in [6.07, 6.45) is 14.5. The van der Waals surface area contributed by atoms with Crippen LogP contribution in [0.1, 0.15) is 174 Å². The van der Waals surface area contributed by atoms with Crippen LogP contribution in [0.4, 0.5) is 0 Å². The number of esters is 2. The minimum absolute atomic E-state index is 0.0776. The topological polar surface area (TPSA) is 270 Å². The Kier molecular flexibility index (Phi) is 30.7. The van der Waals surface area contributed by atoms with Crippen LogP contribution < -0.4 is 0 Å². The van der Waals surface area contributed by atoms with Crippen molar-refractivity contribution >= 4 is 19.8 Å². The fourth-order valence-corrected chi connectivity index (χ4v) is 9.31. The maximum atomic E-state index is 12.9. The maximum Gasteiger partial charge on any atom is 0.472 e. The molecule has 11 unspecified atom stereocenters. The van der Waals surface area contributed by atoms with Gasteiger partial charge in [-0.05, 0) is 38.0 Å². The zero-order valence-corrected chi connectivity index (χ0v) is 39.6. The molecule has 64 heavy (non-hydrogen) atoms. The molecule has 2 aliphatic rings. The molecule has 2 aliphatic carbocycles. The maximum absolute atomic E-state index is 12.9. The van der Waals surface area contributed by atoms with Crippen LogP contribution in [0.3, 0.4) is 0 Å². The number of carbonyl (C=O) groups excluding carboxylic acids is 2. The standard InChI is InChI=1S/C47H85O16P/c1-3-5-7-8-9-10-11-12-13-14-15-16-17-18-23-27-40(51)60-32-35(33-61-64(58,59)63-47-45(56)43(54)42(53)44(55)46(47)57)62-41(52)28-24-20-19-22-26-36-37(39(50)31-38(36)49)30-29-34(48)25-21-6-4-2/h19,22,29-30,34-39,42-50,53-57H,3-18,20-21,23-28,31-33H2,1-2H3,(H,58,59)/b22-19-,30-29+. The minimum Gasteiger partial charge on any atom is -0.462 e. The number of phosphoric acid groups is 1. The highest BCUT2D eigenvalue weighted by Gasteiger charge is 2.51. The second kappa shape index (κ2) is 33.6. The normalized spacial score (nSPS) is 28.1. The number of aliphatic hydroxyl groups excluding tert-OH is 8. The summed E-state index contributed by atoms with van der Waals surface area (Å²) >= 11 is 0. The molecular weight excluding hydrogens is 851 g/mol. The molecule has 374 valence electrons. The van der Waals surface area contributed by atoms with Crippen LogP contribution >= 0.6 is 7.82 Å². The van der Waals surface area contributed by atoms with Gasteiger partial charge in [0.1, 0.15) is 43.2 Å². The van der Waals surface area contributed by atoms with Gasteiger partial charge in [0, 0.05) is 25.2 Å². The van der Waals surface area contributed by atoms with Crippen LogP contribution in [0.15, 0.2) is 24.3 Å². The molecule has 0 heterocycles. The number of carbonyl (C=O) groups is 2. The molecule has 2 saturated carbocycles. The fraction of sp³-hybridized carbons (Fsp3) is 0.872. The summed E-state index contributed by atoms with van der Waals surface area (Å²) in [6.45, 7) is 3.00. The van der Waals surface area contributed by atoms with Crippen molar-refractivity contribution in [1.82, 2.24) is 0 Å². The predicted octanol–water partition coefficient (Wildman–Crippen LogP) is 6.00. The monoisotopic (exact) mass is 937 g/mol. The molecule has 0 aliphatic heterocycles. The quantitative estimate of drug-likeness (QED) is 0.0151. The van der Waals surface area contributed by atoms with E-state index in [1.807, 2.05) is 12.2 Å². The Morgan fingerprint density at radius 2 is 1.16 bits per heavy atom. The smallest absolute Gasteiger partial charge is 0.462 e. The van der Waals surface area contributed by atoms with Crippen LogP contribution in [0.25, 0.3) is 0 Å². The van der Waals surface area contributed by atoms with Crippen molar-refractivity contribution < 1.29 is 78.4 Å². The van der Waals surface area contributed by atoms with Gasteiger partial charge in [0.05, 0.1) is 24.9 Å². The second-order valence-electron chi connectivity index (χ2n) is 17.9. The number of rotatable bonds is 36. The van der Waals surface area contributed by atoms with Gasteiger partial charge in [0.25, 0.3) is 0 Å². The average Bonchev–Trinajstić information content (AvgIpc) is 3.53. The Hall–Kier alpha value is -1.79. The first-order chi connectivity index (χ1) is 30.6. The van der Waals surface area contributed by atoms with Gasteiger partial charge >= 0.3 is 19.8 Å². The van der Waals surface area contributed by atoms with Gasteiger partial charge in [-0.2, -0.15) is 0 Å². The highest BCUT2D eigenvalue weighted by Crippen LogP contribution is 2.47. The van der Waals surface area contributed by atoms with Gasteiger partial charge in [-0.25, -0.2) is 4.57 Å². The average molecular weight is 937 g/mol. The Morgan fingerprint density at radius 3 is 1.73 bits per heavy atom. The van der Waals surface area contributed by atoms with Crippen LogP contribution in [0, 0.1) is 11.8 Å². The Bertz CT molecular complexity index is 1330. The van der Waals surface area contributed by atoms with Crippen molar-refractivity contribution in [3.63, 3.8) is 0 Å². The van der Waals surface area contributed by atoms with E-state index in [-0.39, 0.29) is 31.1 Å². The minimum atomic E-state index is -5.19. The zero-order chi connectivity index (χ0) is 47.3. The number of hydrogen-bond acceptors (Lipinski definition) is 15. The molecular formula is C47H85O16P. The Morgan fingerprint density at radius 1 is 0.641 bits per heavy atom. The lowest BCUT2D eigenvalue weighted by Crippen LogP contribution is -2.64. The lowest BCUT2D eigenvalue weighted by atomic mass is 9.85. The molecule has 9 N–H and O–H groups in total. The molecule has 11 atom stereocenters. The van der Waals surface area contributed by atoms with E-state index in [0.717, 1.165) is 44.9 Å². The molecule has 16 nitrogen and oxygen atoms in total. The summed E-state index contributed by atoms with van der Waals surface area (Å²) < 4.78 is 33.5. The van der Waals surface area contributed by atoms with E-state index in [4.69, 9.17) is 18.5 Å². The van der Waals surface area contributed by atoms with Crippen molar-refractivity contribution in [3.8, 4) is 0 Å². The van der Waals surface area contributed by atoms with Gasteiger partial charge in [0.2, 0.25) is 0 Å². The highest BCUT2D eigenvalue weighted by atomic mass is 31.2. The van der Waals surface area contributed by atoms with E-state index in [0.29, 0.717) is 32.1 Å². The Labute approximate surface area is 382 Å². The Balaban J connectivity index is 1.84. The SMILES string of the molecule is CCCCCCCCCCCCCCCCCC(=O)OCC(COP(=O)(O)OC1C(O)C(O)C(O)C(O)C1O)OC(=O)CCC/C=C\CC1C(O)CC(O)C1/C=C/C(O)CCCCC. The lowest BCUT2D eigenvalue weighted by Gasteiger charge is -2.41. The third kappa shape index (κ3) is 23.8. The fourth-order valence-electron chi connectivity index (χ4n) is 8.34. The molecule has 0 bridgehead atoms. The molecule has 0 amide bonds. The highest BCUT2D eigenvalue weighted by molar-refractivity contribution is 7.47. The van der Waals surface area contributed by atoms with Crippen molar-refractivity contribution in [3.05, 3.63) is 24.3 Å². The summed E-state index contributed by atoms with van der Waals surface area (Å²) in [7, 11) is -5.19. The molecule has 0 aromatic carbocycles. The van der Waals surface area contributed by atoms with Gasteiger partial charge in [-0.15, -0.1) is 0 Å². The van der Waals surface area contributed by atoms with E-state index >= 15 is 0 Å². The first-order valence-electron chi connectivity index (χ1n) is 24.4. The third-order valence-corrected chi connectivity index (χ3v) is 13.4. The first-order valence-corrected chi connectivity index (χ1v) is 25.9. The van der Waals surface area contributed by atoms with Gasteiger partial charge in [0.15, 0.2) is 6.10 Å². The second-order valence-corrected chi connectivity index (χ2v) is 19.3. The summed E-state index contributed by atoms with van der Waals surface area (Å²) in [4.78, 5) is 35.9. The first kappa shape index (κ1) is 58.3. The summed E-state index contributed by atoms with van der Waals surface area (Å²) in [6, 6.07) is 0. The van der Waals surface area contributed by atoms with Crippen molar-refractivity contribution in [2.24, 2.45) is 11.8 Å². The van der Waals surface area contributed by atoms with E-state index in [1.54, 1.807) is 12.2 Å². The van der Waals surface area contributed by atoms with Crippen LogP contribution in [-0.2, 0) is 32.7 Å². The lowest BCUT2D eigenvalue weighted by molar-refractivity contribution is -0.220. The van der Waals surface area contributed by atoms with Gasteiger partial charge in [-0.3, -0.25) is 18.6 Å². The van der Waals surface area contributed by atoms with Crippen LogP contribution in [0.2, 0.25) is 0 Å². The summed E-state index contributed by atoms with van der Waals surface area (Å²) in [5.74, 6) is -1.82. The van der Waals surface area contributed by atoms with Crippen molar-refractivity contribution in [1.29, 1.82) is 0 Å². The molecule has 2 fully saturated rings.